The molecule has 1 saturated heterocycles. The monoisotopic (exact) mass is 289 g/mol. The molecule has 1 N–H and O–H groups in total. The number of morpholine rings is 1. The predicted octanol–water partition coefficient (Wildman–Crippen LogP) is 2.07. The second-order valence-electron chi connectivity index (χ2n) is 3.48. The first-order valence-electron chi connectivity index (χ1n) is 4.84. The molecule has 1 atom stereocenters. The van der Waals surface area contributed by atoms with Crippen molar-refractivity contribution in [2.75, 3.05) is 19.8 Å². The fourth-order valence-corrected chi connectivity index (χ4v) is 2.91. The van der Waals surface area contributed by atoms with Gasteiger partial charge in [0.15, 0.2) is 5.78 Å². The molecule has 0 spiro atoms. The van der Waals surface area contributed by atoms with E-state index in [1.54, 1.807) is 0 Å². The van der Waals surface area contributed by atoms with Crippen LogP contribution in [-0.2, 0) is 4.74 Å². The zero-order valence-electron chi connectivity index (χ0n) is 8.16. The van der Waals surface area contributed by atoms with E-state index in [4.69, 9.17) is 4.74 Å². The van der Waals surface area contributed by atoms with E-state index < -0.39 is 0 Å². The number of Topliss-reactive ketones (excluding diaryl/α,β-unsaturated/α-hetero) is 1. The quantitative estimate of drug-likeness (QED) is 0.866. The lowest BCUT2D eigenvalue weighted by atomic mass is 10.1. The third-order valence-corrected chi connectivity index (χ3v) is 4.00. The Bertz CT molecular complexity index is 347. The molecule has 3 nitrogen and oxygen atoms in total. The second-order valence-corrected chi connectivity index (χ2v) is 5.31. The van der Waals surface area contributed by atoms with Crippen molar-refractivity contribution in [1.82, 2.24) is 5.32 Å². The lowest BCUT2D eigenvalue weighted by molar-refractivity contribution is 0.0677. The molecule has 0 radical (unpaired) electrons. The SMILES string of the molecule is O=C(CC1COCCN1)c1cc(Br)cs1. The number of ketones is 1. The highest BCUT2D eigenvalue weighted by Crippen LogP contribution is 2.21. The highest BCUT2D eigenvalue weighted by molar-refractivity contribution is 9.10. The molecule has 0 amide bonds. The third kappa shape index (κ3) is 3.11. The first kappa shape index (κ1) is 11.3. The molecule has 1 aromatic rings. The molecule has 1 aliphatic rings. The number of hydrogen-bond donors (Lipinski definition) is 1. The number of ether oxygens (including phenoxy) is 1. The summed E-state index contributed by atoms with van der Waals surface area (Å²) in [4.78, 5) is 12.6. The maximum absolute atomic E-state index is 11.8. The normalized spacial score (nSPS) is 21.5. The summed E-state index contributed by atoms with van der Waals surface area (Å²) in [5, 5.41) is 5.20. The summed E-state index contributed by atoms with van der Waals surface area (Å²) in [5.74, 6) is 0.189. The number of hydrogen-bond acceptors (Lipinski definition) is 4. The van der Waals surface area contributed by atoms with Gasteiger partial charge in [-0.3, -0.25) is 4.79 Å². The van der Waals surface area contributed by atoms with Gasteiger partial charge in [-0.15, -0.1) is 11.3 Å². The molecule has 1 fully saturated rings. The van der Waals surface area contributed by atoms with Crippen molar-refractivity contribution in [3.8, 4) is 0 Å². The van der Waals surface area contributed by atoms with Crippen LogP contribution in [0.15, 0.2) is 15.9 Å². The van der Waals surface area contributed by atoms with Crippen LogP contribution in [0, 0.1) is 0 Å². The molecule has 1 aliphatic heterocycles. The molecular weight excluding hydrogens is 278 g/mol. The van der Waals surface area contributed by atoms with Crippen molar-refractivity contribution in [3.05, 3.63) is 20.8 Å². The Kier molecular flexibility index (Phi) is 3.91. The number of halogens is 1. The smallest absolute Gasteiger partial charge is 0.174 e. The minimum Gasteiger partial charge on any atom is -0.378 e. The van der Waals surface area contributed by atoms with E-state index >= 15 is 0 Å². The molecular formula is C10H12BrNO2S. The van der Waals surface area contributed by atoms with Crippen LogP contribution < -0.4 is 5.32 Å². The van der Waals surface area contributed by atoms with Gasteiger partial charge in [-0.2, -0.15) is 0 Å². The van der Waals surface area contributed by atoms with Crippen LogP contribution in [0.5, 0.6) is 0 Å². The summed E-state index contributed by atoms with van der Waals surface area (Å²) in [7, 11) is 0. The number of rotatable bonds is 3. The van der Waals surface area contributed by atoms with Crippen molar-refractivity contribution in [1.29, 1.82) is 0 Å². The molecule has 0 saturated carbocycles. The molecule has 0 aromatic carbocycles. The highest BCUT2D eigenvalue weighted by atomic mass is 79.9. The van der Waals surface area contributed by atoms with Crippen molar-refractivity contribution >= 4 is 33.0 Å². The van der Waals surface area contributed by atoms with Gasteiger partial charge in [0, 0.05) is 28.9 Å². The maximum atomic E-state index is 11.8. The number of carbonyl (C=O) groups excluding carboxylic acids is 1. The van der Waals surface area contributed by atoms with Crippen molar-refractivity contribution in [2.24, 2.45) is 0 Å². The van der Waals surface area contributed by atoms with Gasteiger partial charge in [0.1, 0.15) is 0 Å². The lowest BCUT2D eigenvalue weighted by Crippen LogP contribution is -2.42. The van der Waals surface area contributed by atoms with Crippen LogP contribution in [0.4, 0.5) is 0 Å². The molecule has 82 valence electrons. The fraction of sp³-hybridized carbons (Fsp3) is 0.500. The van der Waals surface area contributed by atoms with Crippen LogP contribution in [0.25, 0.3) is 0 Å². The number of carbonyl (C=O) groups is 1. The molecule has 0 bridgehead atoms. The van der Waals surface area contributed by atoms with E-state index in [1.165, 1.54) is 11.3 Å². The summed E-state index contributed by atoms with van der Waals surface area (Å²) in [6.45, 7) is 2.22. The summed E-state index contributed by atoms with van der Waals surface area (Å²) in [6, 6.07) is 2.04. The topological polar surface area (TPSA) is 38.3 Å². The first-order valence-corrected chi connectivity index (χ1v) is 6.51. The van der Waals surface area contributed by atoms with Crippen LogP contribution >= 0.6 is 27.3 Å². The van der Waals surface area contributed by atoms with Gasteiger partial charge in [0.05, 0.1) is 18.1 Å². The molecule has 15 heavy (non-hydrogen) atoms. The summed E-state index contributed by atoms with van der Waals surface area (Å²) < 4.78 is 6.28. The van der Waals surface area contributed by atoms with Crippen molar-refractivity contribution in [2.45, 2.75) is 12.5 Å². The van der Waals surface area contributed by atoms with Gasteiger partial charge >= 0.3 is 0 Å². The van der Waals surface area contributed by atoms with Gasteiger partial charge in [0.25, 0.3) is 0 Å². The predicted molar refractivity (Wildman–Crippen MR) is 63.6 cm³/mol. The molecule has 1 aromatic heterocycles. The minimum absolute atomic E-state index is 0.173. The maximum Gasteiger partial charge on any atom is 0.174 e. The van der Waals surface area contributed by atoms with Gasteiger partial charge in [-0.25, -0.2) is 0 Å². The Morgan fingerprint density at radius 3 is 3.20 bits per heavy atom. The first-order chi connectivity index (χ1) is 7.25. The lowest BCUT2D eigenvalue weighted by Gasteiger charge is -2.22. The average molecular weight is 290 g/mol. The van der Waals surface area contributed by atoms with E-state index in [9.17, 15) is 4.79 Å². The van der Waals surface area contributed by atoms with Gasteiger partial charge in [0.2, 0.25) is 0 Å². The van der Waals surface area contributed by atoms with Crippen molar-refractivity contribution < 1.29 is 9.53 Å². The van der Waals surface area contributed by atoms with Crippen LogP contribution in [0.3, 0.4) is 0 Å². The Morgan fingerprint density at radius 1 is 1.73 bits per heavy atom. The zero-order chi connectivity index (χ0) is 10.7. The van der Waals surface area contributed by atoms with Gasteiger partial charge < -0.3 is 10.1 Å². The standard InChI is InChI=1S/C10H12BrNO2S/c11-7-3-10(15-6-7)9(13)4-8-5-14-2-1-12-8/h3,6,8,12H,1-2,4-5H2. The molecule has 0 aliphatic carbocycles. The van der Waals surface area contributed by atoms with E-state index in [0.717, 1.165) is 22.5 Å². The molecule has 2 heterocycles. The van der Waals surface area contributed by atoms with Gasteiger partial charge in [-0.05, 0) is 22.0 Å². The van der Waals surface area contributed by atoms with E-state index in [2.05, 4.69) is 21.2 Å². The zero-order valence-corrected chi connectivity index (χ0v) is 10.6. The fourth-order valence-electron chi connectivity index (χ4n) is 1.53. The van der Waals surface area contributed by atoms with E-state index in [1.807, 2.05) is 11.4 Å². The van der Waals surface area contributed by atoms with Crippen LogP contribution in [0.1, 0.15) is 16.1 Å². The Hall–Kier alpha value is -0.230. The van der Waals surface area contributed by atoms with Crippen LogP contribution in [0.2, 0.25) is 0 Å². The molecule has 5 heteroatoms. The third-order valence-electron chi connectivity index (χ3n) is 2.27. The molecule has 1 unspecified atom stereocenters. The summed E-state index contributed by atoms with van der Waals surface area (Å²) in [5.41, 5.74) is 0. The minimum atomic E-state index is 0.173. The van der Waals surface area contributed by atoms with Crippen molar-refractivity contribution in [3.63, 3.8) is 0 Å². The summed E-state index contributed by atoms with van der Waals surface area (Å²) >= 11 is 4.82. The summed E-state index contributed by atoms with van der Waals surface area (Å²) in [6.07, 6.45) is 0.521. The van der Waals surface area contributed by atoms with E-state index in [-0.39, 0.29) is 11.8 Å². The Balaban J connectivity index is 1.91. The van der Waals surface area contributed by atoms with Crippen LogP contribution in [-0.4, -0.2) is 31.6 Å². The number of thiophene rings is 1. The number of nitrogens with one attached hydrogen (secondary N) is 1. The Labute approximate surface area is 101 Å². The average Bonchev–Trinajstić information content (AvgIpc) is 2.66. The van der Waals surface area contributed by atoms with Gasteiger partial charge in [-0.1, -0.05) is 0 Å². The second kappa shape index (κ2) is 5.21. The van der Waals surface area contributed by atoms with E-state index in [0.29, 0.717) is 13.0 Å². The molecule has 2 rings (SSSR count). The highest BCUT2D eigenvalue weighted by Gasteiger charge is 2.18. The Morgan fingerprint density at radius 2 is 2.60 bits per heavy atom. The largest absolute Gasteiger partial charge is 0.378 e.